The molecule has 0 aliphatic rings. The summed E-state index contributed by atoms with van der Waals surface area (Å²) in [7, 11) is 1.76. The van der Waals surface area contributed by atoms with Crippen molar-refractivity contribution in [1.29, 1.82) is 0 Å². The van der Waals surface area contributed by atoms with Crippen LogP contribution in [0, 0.1) is 5.82 Å². The van der Waals surface area contributed by atoms with Gasteiger partial charge in [-0.25, -0.2) is 4.39 Å². The molecule has 0 aliphatic heterocycles. The SMILES string of the molecule is CC(CBr)N(C)C(=O)Cc1cccc(F)c1. The number of alkyl halides is 1. The van der Waals surface area contributed by atoms with Gasteiger partial charge in [0.15, 0.2) is 0 Å². The normalized spacial score (nSPS) is 12.2. The molecule has 0 N–H and O–H groups in total. The van der Waals surface area contributed by atoms with Crippen LogP contribution in [0.15, 0.2) is 24.3 Å². The molecular weight excluding hydrogens is 273 g/mol. The first-order valence-electron chi connectivity index (χ1n) is 5.10. The summed E-state index contributed by atoms with van der Waals surface area (Å²) in [6.07, 6.45) is 0.242. The zero-order valence-corrected chi connectivity index (χ0v) is 11.0. The number of carbonyl (C=O) groups is 1. The lowest BCUT2D eigenvalue weighted by molar-refractivity contribution is -0.130. The molecule has 0 heterocycles. The third-order valence-corrected chi connectivity index (χ3v) is 3.46. The fraction of sp³-hybridized carbons (Fsp3) is 0.417. The van der Waals surface area contributed by atoms with Crippen LogP contribution in [0.1, 0.15) is 12.5 Å². The summed E-state index contributed by atoms with van der Waals surface area (Å²) in [6.45, 7) is 1.96. The first kappa shape index (κ1) is 13.2. The van der Waals surface area contributed by atoms with E-state index in [1.165, 1.54) is 12.1 Å². The Morgan fingerprint density at radius 1 is 1.56 bits per heavy atom. The van der Waals surface area contributed by atoms with E-state index in [1.807, 2.05) is 6.92 Å². The minimum Gasteiger partial charge on any atom is -0.342 e. The van der Waals surface area contributed by atoms with Crippen molar-refractivity contribution in [3.05, 3.63) is 35.6 Å². The highest BCUT2D eigenvalue weighted by molar-refractivity contribution is 9.09. The van der Waals surface area contributed by atoms with Crippen molar-refractivity contribution in [2.75, 3.05) is 12.4 Å². The second-order valence-electron chi connectivity index (χ2n) is 3.81. The first-order valence-corrected chi connectivity index (χ1v) is 6.22. The van der Waals surface area contributed by atoms with Gasteiger partial charge in [0.05, 0.1) is 6.42 Å². The van der Waals surface area contributed by atoms with Gasteiger partial charge in [0.25, 0.3) is 0 Å². The van der Waals surface area contributed by atoms with Gasteiger partial charge in [0.2, 0.25) is 5.91 Å². The van der Waals surface area contributed by atoms with Crippen LogP contribution in [0.5, 0.6) is 0 Å². The van der Waals surface area contributed by atoms with E-state index in [9.17, 15) is 9.18 Å². The van der Waals surface area contributed by atoms with Gasteiger partial charge in [-0.05, 0) is 24.6 Å². The zero-order valence-electron chi connectivity index (χ0n) is 9.41. The molecule has 0 spiro atoms. The minimum absolute atomic E-state index is 0.00227. The monoisotopic (exact) mass is 287 g/mol. The number of hydrogen-bond acceptors (Lipinski definition) is 1. The molecule has 1 rings (SSSR count). The summed E-state index contributed by atoms with van der Waals surface area (Å²) in [4.78, 5) is 13.5. The van der Waals surface area contributed by atoms with E-state index in [0.717, 1.165) is 5.33 Å². The Morgan fingerprint density at radius 3 is 2.81 bits per heavy atom. The topological polar surface area (TPSA) is 20.3 Å². The molecule has 0 saturated carbocycles. The third-order valence-electron chi connectivity index (χ3n) is 2.52. The maximum absolute atomic E-state index is 12.9. The van der Waals surface area contributed by atoms with Gasteiger partial charge in [-0.2, -0.15) is 0 Å². The van der Waals surface area contributed by atoms with E-state index >= 15 is 0 Å². The Balaban J connectivity index is 2.64. The Bertz CT molecular complexity index is 370. The van der Waals surface area contributed by atoms with E-state index in [-0.39, 0.29) is 24.2 Å². The minimum atomic E-state index is -0.304. The average molecular weight is 288 g/mol. The van der Waals surface area contributed by atoms with Gasteiger partial charge in [0, 0.05) is 18.4 Å². The number of hydrogen-bond donors (Lipinski definition) is 0. The first-order chi connectivity index (χ1) is 7.54. The number of halogens is 2. The standard InChI is InChI=1S/C12H15BrFNO/c1-9(8-13)15(2)12(16)7-10-4-3-5-11(14)6-10/h3-6,9H,7-8H2,1-2H3. The number of nitrogens with zero attached hydrogens (tertiary/aromatic N) is 1. The van der Waals surface area contributed by atoms with Gasteiger partial charge in [0.1, 0.15) is 5.82 Å². The lowest BCUT2D eigenvalue weighted by Crippen LogP contribution is -2.37. The van der Waals surface area contributed by atoms with Crippen molar-refractivity contribution in [3.63, 3.8) is 0 Å². The highest BCUT2D eigenvalue weighted by atomic mass is 79.9. The summed E-state index contributed by atoms with van der Waals surface area (Å²) in [5.74, 6) is -0.306. The number of rotatable bonds is 4. The van der Waals surface area contributed by atoms with Crippen LogP contribution in [0.25, 0.3) is 0 Å². The Hall–Kier alpha value is -0.900. The molecule has 0 fully saturated rings. The Kier molecular flexibility index (Phi) is 4.93. The van der Waals surface area contributed by atoms with E-state index in [2.05, 4.69) is 15.9 Å². The molecular formula is C12H15BrFNO. The molecule has 0 bridgehead atoms. The van der Waals surface area contributed by atoms with Crippen molar-refractivity contribution < 1.29 is 9.18 Å². The lowest BCUT2D eigenvalue weighted by atomic mass is 10.1. The van der Waals surface area contributed by atoms with Gasteiger partial charge >= 0.3 is 0 Å². The molecule has 0 saturated heterocycles. The van der Waals surface area contributed by atoms with Crippen LogP contribution in [0.4, 0.5) is 4.39 Å². The van der Waals surface area contributed by atoms with Crippen LogP contribution < -0.4 is 0 Å². The Labute approximate surface area is 104 Å². The third kappa shape index (κ3) is 3.59. The van der Waals surface area contributed by atoms with Crippen LogP contribution in [0.3, 0.4) is 0 Å². The molecule has 1 aromatic carbocycles. The van der Waals surface area contributed by atoms with E-state index in [1.54, 1.807) is 24.1 Å². The fourth-order valence-corrected chi connectivity index (χ4v) is 1.73. The number of benzene rings is 1. The van der Waals surface area contributed by atoms with Gasteiger partial charge in [-0.15, -0.1) is 0 Å². The maximum Gasteiger partial charge on any atom is 0.227 e. The lowest BCUT2D eigenvalue weighted by Gasteiger charge is -2.23. The molecule has 1 aromatic rings. The van der Waals surface area contributed by atoms with Crippen molar-refractivity contribution in [2.45, 2.75) is 19.4 Å². The zero-order chi connectivity index (χ0) is 12.1. The molecule has 1 amide bonds. The molecule has 88 valence electrons. The molecule has 1 unspecified atom stereocenters. The predicted octanol–water partition coefficient (Wildman–Crippen LogP) is 2.61. The van der Waals surface area contributed by atoms with E-state index in [0.29, 0.717) is 5.56 Å². The van der Waals surface area contributed by atoms with Crippen LogP contribution in [-0.2, 0) is 11.2 Å². The van der Waals surface area contributed by atoms with Crippen LogP contribution >= 0.6 is 15.9 Å². The molecule has 4 heteroatoms. The smallest absolute Gasteiger partial charge is 0.227 e. The summed E-state index contributed by atoms with van der Waals surface area (Å²) >= 11 is 3.33. The summed E-state index contributed by atoms with van der Waals surface area (Å²) in [5.41, 5.74) is 0.707. The largest absolute Gasteiger partial charge is 0.342 e. The molecule has 0 radical (unpaired) electrons. The molecule has 0 aliphatic carbocycles. The molecule has 1 atom stereocenters. The average Bonchev–Trinajstić information content (AvgIpc) is 2.27. The fourth-order valence-electron chi connectivity index (χ4n) is 1.30. The van der Waals surface area contributed by atoms with Gasteiger partial charge < -0.3 is 4.90 Å². The van der Waals surface area contributed by atoms with Gasteiger partial charge in [-0.1, -0.05) is 28.1 Å². The second kappa shape index (κ2) is 5.99. The molecule has 2 nitrogen and oxygen atoms in total. The van der Waals surface area contributed by atoms with Gasteiger partial charge in [-0.3, -0.25) is 4.79 Å². The highest BCUT2D eigenvalue weighted by Gasteiger charge is 2.14. The van der Waals surface area contributed by atoms with Crippen molar-refractivity contribution >= 4 is 21.8 Å². The van der Waals surface area contributed by atoms with Crippen molar-refractivity contribution in [2.24, 2.45) is 0 Å². The second-order valence-corrected chi connectivity index (χ2v) is 4.46. The van der Waals surface area contributed by atoms with E-state index < -0.39 is 0 Å². The number of carbonyl (C=O) groups excluding carboxylic acids is 1. The predicted molar refractivity (Wildman–Crippen MR) is 66.1 cm³/mol. The number of amides is 1. The Morgan fingerprint density at radius 2 is 2.25 bits per heavy atom. The molecule has 0 aromatic heterocycles. The van der Waals surface area contributed by atoms with Crippen LogP contribution in [0.2, 0.25) is 0 Å². The number of likely N-dealkylation sites (N-methyl/N-ethyl adjacent to an activating group) is 1. The summed E-state index contributed by atoms with van der Waals surface area (Å²) in [6, 6.07) is 6.28. The van der Waals surface area contributed by atoms with Crippen molar-refractivity contribution in [3.8, 4) is 0 Å². The summed E-state index contributed by atoms with van der Waals surface area (Å²) in [5, 5.41) is 0.735. The molecule has 16 heavy (non-hydrogen) atoms. The maximum atomic E-state index is 12.9. The van der Waals surface area contributed by atoms with Crippen molar-refractivity contribution in [1.82, 2.24) is 4.90 Å². The quantitative estimate of drug-likeness (QED) is 0.780. The van der Waals surface area contributed by atoms with E-state index in [4.69, 9.17) is 0 Å². The van der Waals surface area contributed by atoms with Crippen LogP contribution in [-0.4, -0.2) is 29.2 Å². The summed E-state index contributed by atoms with van der Waals surface area (Å²) < 4.78 is 12.9. The highest BCUT2D eigenvalue weighted by Crippen LogP contribution is 2.08.